The lowest BCUT2D eigenvalue weighted by Gasteiger charge is -2.13. The summed E-state index contributed by atoms with van der Waals surface area (Å²) in [6.45, 7) is 1.39. The third-order valence-electron chi connectivity index (χ3n) is 4.19. The fourth-order valence-electron chi connectivity index (χ4n) is 2.65. The highest BCUT2D eigenvalue weighted by molar-refractivity contribution is 8.00. The van der Waals surface area contributed by atoms with Gasteiger partial charge in [-0.1, -0.05) is 17.8 Å². The zero-order valence-electron chi connectivity index (χ0n) is 15.8. The first kappa shape index (κ1) is 21.6. The van der Waals surface area contributed by atoms with E-state index in [0.29, 0.717) is 11.3 Å². The van der Waals surface area contributed by atoms with Gasteiger partial charge in [-0.3, -0.25) is 9.59 Å². The fraction of sp³-hybridized carbons (Fsp3) is 0.300. The lowest BCUT2D eigenvalue weighted by Crippen LogP contribution is -2.25. The zero-order chi connectivity index (χ0) is 21.9. The molecular formula is C20H17F3N4O2S. The van der Waals surface area contributed by atoms with E-state index in [1.54, 1.807) is 18.2 Å². The second-order valence-corrected chi connectivity index (χ2v) is 7.73. The van der Waals surface area contributed by atoms with Crippen LogP contribution in [0, 0.1) is 18.3 Å². The number of aromatic nitrogens is 1. The van der Waals surface area contributed by atoms with Crippen LogP contribution < -0.4 is 10.6 Å². The van der Waals surface area contributed by atoms with Gasteiger partial charge < -0.3 is 10.6 Å². The Labute approximate surface area is 174 Å². The molecule has 1 aliphatic carbocycles. The number of amides is 2. The molecule has 2 amide bonds. The number of halogens is 3. The quantitative estimate of drug-likeness (QED) is 0.673. The summed E-state index contributed by atoms with van der Waals surface area (Å²) in [4.78, 5) is 28.3. The van der Waals surface area contributed by atoms with Gasteiger partial charge in [0, 0.05) is 23.0 Å². The Balaban J connectivity index is 1.67. The van der Waals surface area contributed by atoms with E-state index in [9.17, 15) is 22.8 Å². The van der Waals surface area contributed by atoms with Gasteiger partial charge >= 0.3 is 6.18 Å². The summed E-state index contributed by atoms with van der Waals surface area (Å²) in [5.74, 6) is -0.980. The third kappa shape index (κ3) is 5.51. The van der Waals surface area contributed by atoms with Crippen molar-refractivity contribution in [2.24, 2.45) is 0 Å². The van der Waals surface area contributed by atoms with E-state index in [2.05, 4.69) is 15.6 Å². The van der Waals surface area contributed by atoms with Gasteiger partial charge in [0.05, 0.1) is 16.9 Å². The second kappa shape index (κ2) is 8.75. The summed E-state index contributed by atoms with van der Waals surface area (Å²) >= 11 is 0.746. The number of hydrogen-bond acceptors (Lipinski definition) is 5. The molecule has 156 valence electrons. The number of rotatable bonds is 6. The molecule has 30 heavy (non-hydrogen) atoms. The highest BCUT2D eigenvalue weighted by atomic mass is 32.2. The number of hydrogen-bond donors (Lipinski definition) is 2. The van der Waals surface area contributed by atoms with Crippen LogP contribution >= 0.6 is 11.8 Å². The second-order valence-electron chi connectivity index (χ2n) is 6.77. The molecule has 3 rings (SSSR count). The molecule has 0 unspecified atom stereocenters. The van der Waals surface area contributed by atoms with E-state index in [-0.39, 0.29) is 28.4 Å². The van der Waals surface area contributed by atoms with Crippen LogP contribution in [0.25, 0.3) is 0 Å². The average Bonchev–Trinajstić information content (AvgIpc) is 3.49. The topological polar surface area (TPSA) is 94.9 Å². The van der Waals surface area contributed by atoms with Crippen LogP contribution in [0.3, 0.4) is 0 Å². The largest absolute Gasteiger partial charge is 0.417 e. The summed E-state index contributed by atoms with van der Waals surface area (Å²) in [6, 6.07) is 8.90. The maximum Gasteiger partial charge on any atom is 0.417 e. The van der Waals surface area contributed by atoms with Gasteiger partial charge in [-0.05, 0) is 44.0 Å². The summed E-state index contributed by atoms with van der Waals surface area (Å²) in [6.07, 6.45) is -2.79. The molecule has 10 heteroatoms. The molecule has 1 fully saturated rings. The summed E-state index contributed by atoms with van der Waals surface area (Å²) in [7, 11) is 0. The predicted octanol–water partition coefficient (Wildman–Crippen LogP) is 3.90. The number of carbonyl (C=O) groups is 2. The molecular weight excluding hydrogens is 417 g/mol. The van der Waals surface area contributed by atoms with Gasteiger partial charge in [-0.2, -0.15) is 18.4 Å². The molecule has 0 radical (unpaired) electrons. The zero-order valence-corrected chi connectivity index (χ0v) is 16.7. The highest BCUT2D eigenvalue weighted by Crippen LogP contribution is 2.35. The van der Waals surface area contributed by atoms with Crippen molar-refractivity contribution in [2.45, 2.75) is 37.0 Å². The molecule has 2 aromatic rings. The third-order valence-corrected chi connectivity index (χ3v) is 5.17. The summed E-state index contributed by atoms with van der Waals surface area (Å²) in [5, 5.41) is 14.5. The Morgan fingerprint density at radius 2 is 2.03 bits per heavy atom. The first-order valence-electron chi connectivity index (χ1n) is 9.00. The van der Waals surface area contributed by atoms with Crippen molar-refractivity contribution in [1.29, 1.82) is 5.26 Å². The van der Waals surface area contributed by atoms with Gasteiger partial charge in [0.15, 0.2) is 0 Å². The maximum absolute atomic E-state index is 13.2. The maximum atomic E-state index is 13.2. The minimum Gasteiger partial charge on any atom is -0.349 e. The Bertz CT molecular complexity index is 1030. The fourth-order valence-corrected chi connectivity index (χ4v) is 3.49. The van der Waals surface area contributed by atoms with E-state index >= 15 is 0 Å². The molecule has 1 aromatic carbocycles. The van der Waals surface area contributed by atoms with Gasteiger partial charge in [0.2, 0.25) is 5.91 Å². The number of aryl methyl sites for hydroxylation is 1. The number of nitrogens with one attached hydrogen (secondary N) is 2. The summed E-state index contributed by atoms with van der Waals surface area (Å²) in [5.41, 5.74) is -0.801. The minimum atomic E-state index is -4.70. The predicted molar refractivity (Wildman–Crippen MR) is 105 cm³/mol. The number of carbonyl (C=O) groups excluding carboxylic acids is 2. The first-order valence-corrected chi connectivity index (χ1v) is 9.98. The van der Waals surface area contributed by atoms with E-state index in [1.807, 2.05) is 0 Å². The first-order chi connectivity index (χ1) is 14.2. The van der Waals surface area contributed by atoms with Gasteiger partial charge in [-0.25, -0.2) is 4.98 Å². The van der Waals surface area contributed by atoms with Crippen LogP contribution in [-0.4, -0.2) is 28.6 Å². The number of alkyl halides is 3. The number of pyridine rings is 1. The number of anilines is 1. The molecule has 1 heterocycles. The van der Waals surface area contributed by atoms with E-state index in [1.165, 1.54) is 19.1 Å². The molecule has 1 aliphatic rings. The lowest BCUT2D eigenvalue weighted by molar-refractivity contribution is -0.138. The van der Waals surface area contributed by atoms with E-state index in [0.717, 1.165) is 30.7 Å². The van der Waals surface area contributed by atoms with E-state index < -0.39 is 23.2 Å². The highest BCUT2D eigenvalue weighted by Gasteiger charge is 2.35. The molecule has 0 bridgehead atoms. The molecule has 0 aliphatic heterocycles. The van der Waals surface area contributed by atoms with Crippen molar-refractivity contribution in [3.63, 3.8) is 0 Å². The molecule has 1 saturated carbocycles. The standard InChI is InChI=1S/C20H17F3N4O2S/c1-11-7-16(20(21,22)23)15(9-24)19(25-11)30-10-17(28)26-14-4-2-3-12(8-14)18(29)27-13-5-6-13/h2-4,7-8,13H,5-6,10H2,1H3,(H,26,28)(H,27,29). The Morgan fingerprint density at radius 3 is 2.67 bits per heavy atom. The van der Waals surface area contributed by atoms with Gasteiger partial charge in [-0.15, -0.1) is 0 Å². The van der Waals surface area contributed by atoms with Gasteiger partial charge in [0.25, 0.3) is 5.91 Å². The van der Waals surface area contributed by atoms with Crippen LogP contribution in [0.2, 0.25) is 0 Å². The number of benzene rings is 1. The molecule has 2 N–H and O–H groups in total. The smallest absolute Gasteiger partial charge is 0.349 e. The number of nitriles is 1. The van der Waals surface area contributed by atoms with Crippen LogP contribution in [0.15, 0.2) is 35.4 Å². The van der Waals surface area contributed by atoms with Crippen molar-refractivity contribution in [3.05, 3.63) is 52.7 Å². The monoisotopic (exact) mass is 434 g/mol. The molecule has 0 spiro atoms. The number of thioether (sulfide) groups is 1. The minimum absolute atomic E-state index is 0.0959. The summed E-state index contributed by atoms with van der Waals surface area (Å²) < 4.78 is 39.5. The average molecular weight is 434 g/mol. The van der Waals surface area contributed by atoms with Crippen molar-refractivity contribution < 1.29 is 22.8 Å². The molecule has 6 nitrogen and oxygen atoms in total. The van der Waals surface area contributed by atoms with Crippen molar-refractivity contribution in [3.8, 4) is 6.07 Å². The molecule has 0 saturated heterocycles. The van der Waals surface area contributed by atoms with Crippen molar-refractivity contribution >= 4 is 29.3 Å². The van der Waals surface area contributed by atoms with Crippen LogP contribution in [0.1, 0.15) is 40.0 Å². The van der Waals surface area contributed by atoms with E-state index in [4.69, 9.17) is 5.26 Å². The Morgan fingerprint density at radius 1 is 1.30 bits per heavy atom. The molecule has 1 aromatic heterocycles. The number of nitrogens with zero attached hydrogens (tertiary/aromatic N) is 2. The van der Waals surface area contributed by atoms with Crippen molar-refractivity contribution in [1.82, 2.24) is 10.3 Å². The Kier molecular flexibility index (Phi) is 6.31. The van der Waals surface area contributed by atoms with Crippen LogP contribution in [0.4, 0.5) is 18.9 Å². The SMILES string of the molecule is Cc1cc(C(F)(F)F)c(C#N)c(SCC(=O)Nc2cccc(C(=O)NC3CC3)c2)n1. The Hall–Kier alpha value is -3.06. The normalized spacial score (nSPS) is 13.4. The van der Waals surface area contributed by atoms with Crippen LogP contribution in [-0.2, 0) is 11.0 Å². The lowest BCUT2D eigenvalue weighted by atomic mass is 10.1. The van der Waals surface area contributed by atoms with Gasteiger partial charge in [0.1, 0.15) is 11.1 Å². The van der Waals surface area contributed by atoms with Crippen molar-refractivity contribution in [2.75, 3.05) is 11.1 Å². The molecule has 0 atom stereocenters. The van der Waals surface area contributed by atoms with Crippen LogP contribution in [0.5, 0.6) is 0 Å².